The van der Waals surface area contributed by atoms with E-state index in [0.717, 1.165) is 12.0 Å². The van der Waals surface area contributed by atoms with Gasteiger partial charge in [-0.25, -0.2) is 4.79 Å². The first-order valence-corrected chi connectivity index (χ1v) is 8.89. The molecule has 0 fully saturated rings. The second kappa shape index (κ2) is 6.01. The van der Waals surface area contributed by atoms with E-state index in [1.165, 1.54) is 17.6 Å². The van der Waals surface area contributed by atoms with Gasteiger partial charge in [0.2, 0.25) is 0 Å². The molecule has 0 aliphatic heterocycles. The molecule has 3 aromatic rings. The van der Waals surface area contributed by atoms with E-state index >= 15 is 0 Å². The average molecular weight is 352 g/mol. The lowest BCUT2D eigenvalue weighted by Gasteiger charge is -2.05. The Bertz CT molecular complexity index is 1080. The fourth-order valence-corrected chi connectivity index (χ4v) is 4.05. The van der Waals surface area contributed by atoms with E-state index in [1.807, 2.05) is 0 Å². The van der Waals surface area contributed by atoms with Crippen molar-refractivity contribution in [1.82, 2.24) is 0 Å². The summed E-state index contributed by atoms with van der Waals surface area (Å²) in [5.41, 5.74) is 3.74. The summed E-state index contributed by atoms with van der Waals surface area (Å²) in [5, 5.41) is 2.48. The van der Waals surface area contributed by atoms with Crippen LogP contribution in [0.5, 0.6) is 0 Å². The van der Waals surface area contributed by atoms with Gasteiger partial charge in [-0.05, 0) is 66.6 Å². The van der Waals surface area contributed by atoms with Gasteiger partial charge in [0, 0.05) is 10.4 Å². The number of hydrogen-bond donors (Lipinski definition) is 0. The Kier molecular flexibility index (Phi) is 3.81. The number of carbonyl (C=O) groups is 1. The first-order chi connectivity index (χ1) is 12.1. The Morgan fingerprint density at radius 2 is 2.12 bits per heavy atom. The van der Waals surface area contributed by atoms with Crippen molar-refractivity contribution in [3.8, 4) is 0 Å². The minimum absolute atomic E-state index is 0.0618. The van der Waals surface area contributed by atoms with Crippen LogP contribution >= 0.6 is 11.3 Å². The highest BCUT2D eigenvalue weighted by Crippen LogP contribution is 2.35. The molecule has 0 unspecified atom stereocenters. The predicted molar refractivity (Wildman–Crippen MR) is 99.1 cm³/mol. The van der Waals surface area contributed by atoms with Crippen LogP contribution < -0.4 is 5.43 Å². The number of rotatable bonds is 2. The van der Waals surface area contributed by atoms with E-state index in [1.54, 1.807) is 29.5 Å². The number of carbonyl (C=O) groups excluding carboxylic acids is 1. The van der Waals surface area contributed by atoms with Crippen LogP contribution in [-0.4, -0.2) is 13.1 Å². The standard InChI is InChI=1S/C20H16O4S/c1-11-7-8-25-17(11)10-12-3-5-14-18(21)15-9-13(20(22)23-2)4-6-16(15)24-19(12)14/h4,6-10H,3,5H2,1-2H3. The summed E-state index contributed by atoms with van der Waals surface area (Å²) in [6, 6.07) is 6.91. The molecular formula is C20H16O4S. The zero-order valence-corrected chi connectivity index (χ0v) is 14.7. The number of fused-ring (bicyclic) bond motifs is 2. The zero-order chi connectivity index (χ0) is 17.6. The summed E-state index contributed by atoms with van der Waals surface area (Å²) in [4.78, 5) is 25.7. The molecule has 2 aromatic heterocycles. The fourth-order valence-electron chi connectivity index (χ4n) is 3.17. The number of esters is 1. The van der Waals surface area contributed by atoms with Gasteiger partial charge in [0.25, 0.3) is 0 Å². The molecule has 0 spiro atoms. The number of allylic oxidation sites excluding steroid dienone is 1. The first kappa shape index (κ1) is 15.8. The molecule has 5 heteroatoms. The van der Waals surface area contributed by atoms with Crippen LogP contribution in [0.4, 0.5) is 0 Å². The van der Waals surface area contributed by atoms with Gasteiger partial charge in [0.1, 0.15) is 11.3 Å². The number of methoxy groups -OCH3 is 1. The highest BCUT2D eigenvalue weighted by atomic mass is 32.1. The molecule has 25 heavy (non-hydrogen) atoms. The molecule has 1 aromatic carbocycles. The maximum atomic E-state index is 12.9. The van der Waals surface area contributed by atoms with E-state index in [2.05, 4.69) is 24.4 Å². The van der Waals surface area contributed by atoms with Gasteiger partial charge in [0.05, 0.1) is 18.1 Å². The van der Waals surface area contributed by atoms with Crippen molar-refractivity contribution in [3.05, 3.63) is 67.2 Å². The van der Waals surface area contributed by atoms with Crippen molar-refractivity contribution in [2.24, 2.45) is 0 Å². The topological polar surface area (TPSA) is 56.5 Å². The lowest BCUT2D eigenvalue weighted by Crippen LogP contribution is -2.10. The normalized spacial score (nSPS) is 14.9. The molecule has 126 valence electrons. The van der Waals surface area contributed by atoms with Gasteiger partial charge in [0.15, 0.2) is 5.43 Å². The van der Waals surface area contributed by atoms with Gasteiger partial charge in [-0.1, -0.05) is 0 Å². The molecule has 2 heterocycles. The van der Waals surface area contributed by atoms with Crippen molar-refractivity contribution in [3.63, 3.8) is 0 Å². The van der Waals surface area contributed by atoms with Crippen molar-refractivity contribution < 1.29 is 13.9 Å². The van der Waals surface area contributed by atoms with Crippen LogP contribution in [0.15, 0.2) is 38.9 Å². The maximum Gasteiger partial charge on any atom is 0.337 e. The molecule has 0 saturated carbocycles. The van der Waals surface area contributed by atoms with Crippen LogP contribution in [0, 0.1) is 6.92 Å². The van der Waals surface area contributed by atoms with Crippen LogP contribution in [0.25, 0.3) is 22.6 Å². The minimum Gasteiger partial charge on any atom is -0.465 e. The van der Waals surface area contributed by atoms with Crippen molar-refractivity contribution >= 4 is 39.9 Å². The van der Waals surface area contributed by atoms with E-state index in [-0.39, 0.29) is 5.43 Å². The van der Waals surface area contributed by atoms with Gasteiger partial charge in [-0.3, -0.25) is 4.79 Å². The second-order valence-electron chi connectivity index (χ2n) is 6.08. The Hall–Kier alpha value is -2.66. The van der Waals surface area contributed by atoms with Crippen LogP contribution in [0.1, 0.15) is 38.5 Å². The molecule has 1 aliphatic carbocycles. The third-order valence-electron chi connectivity index (χ3n) is 4.55. The van der Waals surface area contributed by atoms with Crippen LogP contribution in [0.3, 0.4) is 0 Å². The van der Waals surface area contributed by atoms with Crippen LogP contribution in [0.2, 0.25) is 0 Å². The molecule has 4 nitrogen and oxygen atoms in total. The number of hydrogen-bond acceptors (Lipinski definition) is 5. The predicted octanol–water partition coefficient (Wildman–Crippen LogP) is 4.44. The lowest BCUT2D eigenvalue weighted by molar-refractivity contribution is 0.0601. The van der Waals surface area contributed by atoms with E-state index in [0.29, 0.717) is 34.3 Å². The number of thiophene rings is 1. The fraction of sp³-hybridized carbons (Fsp3) is 0.200. The quantitative estimate of drug-likeness (QED) is 0.640. The zero-order valence-electron chi connectivity index (χ0n) is 13.9. The summed E-state index contributed by atoms with van der Waals surface area (Å²) in [7, 11) is 1.32. The minimum atomic E-state index is -0.462. The molecule has 0 bridgehead atoms. The lowest BCUT2D eigenvalue weighted by atomic mass is 10.1. The third-order valence-corrected chi connectivity index (χ3v) is 5.51. The Morgan fingerprint density at radius 1 is 1.28 bits per heavy atom. The molecule has 0 saturated heterocycles. The van der Waals surface area contributed by atoms with Crippen molar-refractivity contribution in [2.75, 3.05) is 7.11 Å². The summed E-state index contributed by atoms with van der Waals surface area (Å²) in [6.45, 7) is 2.07. The number of ether oxygens (including phenoxy) is 1. The highest BCUT2D eigenvalue weighted by Gasteiger charge is 2.24. The van der Waals surface area contributed by atoms with Crippen molar-refractivity contribution in [1.29, 1.82) is 0 Å². The number of aryl methyl sites for hydroxylation is 1. The SMILES string of the molecule is COC(=O)c1ccc2oc3c(c(=O)c2c1)CCC3=Cc1sccc1C. The summed E-state index contributed by atoms with van der Waals surface area (Å²) >= 11 is 1.68. The van der Waals surface area contributed by atoms with Gasteiger partial charge in [-0.15, -0.1) is 11.3 Å². The number of benzene rings is 1. The third kappa shape index (κ3) is 2.61. The van der Waals surface area contributed by atoms with Gasteiger partial charge < -0.3 is 9.15 Å². The highest BCUT2D eigenvalue weighted by molar-refractivity contribution is 7.11. The first-order valence-electron chi connectivity index (χ1n) is 8.01. The van der Waals surface area contributed by atoms with E-state index < -0.39 is 5.97 Å². The smallest absolute Gasteiger partial charge is 0.337 e. The molecule has 0 amide bonds. The molecule has 0 N–H and O–H groups in total. The molecule has 1 aliphatic rings. The Balaban J connectivity index is 1.88. The Labute approximate surface area is 148 Å². The Morgan fingerprint density at radius 3 is 2.84 bits per heavy atom. The van der Waals surface area contributed by atoms with Crippen LogP contribution in [-0.2, 0) is 11.2 Å². The van der Waals surface area contributed by atoms with Gasteiger partial charge >= 0.3 is 5.97 Å². The molecule has 4 rings (SSSR count). The van der Waals surface area contributed by atoms with E-state index in [4.69, 9.17) is 9.15 Å². The largest absolute Gasteiger partial charge is 0.465 e. The maximum absolute atomic E-state index is 12.9. The van der Waals surface area contributed by atoms with Crippen molar-refractivity contribution in [2.45, 2.75) is 19.8 Å². The summed E-state index contributed by atoms with van der Waals surface area (Å²) in [6.07, 6.45) is 3.56. The summed E-state index contributed by atoms with van der Waals surface area (Å²) in [5.74, 6) is 0.215. The molecule has 0 atom stereocenters. The monoisotopic (exact) mass is 352 g/mol. The summed E-state index contributed by atoms with van der Waals surface area (Å²) < 4.78 is 10.8. The van der Waals surface area contributed by atoms with Gasteiger partial charge in [-0.2, -0.15) is 0 Å². The second-order valence-corrected chi connectivity index (χ2v) is 7.03. The molecular weight excluding hydrogens is 336 g/mol. The van der Waals surface area contributed by atoms with E-state index in [9.17, 15) is 9.59 Å². The average Bonchev–Trinajstić information content (AvgIpc) is 3.21. The molecule has 0 radical (unpaired) electrons.